The highest BCUT2D eigenvalue weighted by Crippen LogP contribution is 2.25. The van der Waals surface area contributed by atoms with E-state index in [1.807, 2.05) is 6.08 Å². The van der Waals surface area contributed by atoms with Crippen molar-refractivity contribution >= 4 is 17.7 Å². The Morgan fingerprint density at radius 2 is 2.07 bits per heavy atom. The van der Waals surface area contributed by atoms with Gasteiger partial charge in [-0.3, -0.25) is 0 Å². The first-order valence-electron chi connectivity index (χ1n) is 5.34. The van der Waals surface area contributed by atoms with Gasteiger partial charge < -0.3 is 0 Å². The minimum absolute atomic E-state index is 0.235. The van der Waals surface area contributed by atoms with Crippen molar-refractivity contribution in [3.05, 3.63) is 12.7 Å². The van der Waals surface area contributed by atoms with Crippen LogP contribution < -0.4 is 0 Å². The summed E-state index contributed by atoms with van der Waals surface area (Å²) in [7, 11) is 0. The lowest BCUT2D eigenvalue weighted by molar-refractivity contribution is 0.803. The Morgan fingerprint density at radius 3 is 2.50 bits per heavy atom. The van der Waals surface area contributed by atoms with Crippen molar-refractivity contribution in [3.8, 4) is 0 Å². The van der Waals surface area contributed by atoms with Crippen LogP contribution in [0, 0.1) is 0 Å². The first-order chi connectivity index (χ1) is 6.49. The highest BCUT2D eigenvalue weighted by Gasteiger charge is 2.10. The second-order valence-electron chi connectivity index (χ2n) is 4.40. The number of hydrogen-bond donors (Lipinski definition) is 0. The van der Waals surface area contributed by atoms with E-state index in [1.165, 1.54) is 12.1 Å². The average molecular weight is 213 g/mol. The smallest absolute Gasteiger partial charge is 0.0294 e. The Bertz CT molecular complexity index is 189. The number of unbranched alkanes of at least 4 members (excludes halogenated alkanes) is 1. The molecule has 0 radical (unpaired) electrons. The van der Waals surface area contributed by atoms with E-state index < -0.39 is 0 Å². The standard InChI is InChI=1S/C12H23NS/c1-6-8-9-10-11(7-2)13-14-12(3,4)5/h6H,1,7-10H2,2-5H3. The molecule has 0 heterocycles. The minimum Gasteiger partial charge on any atom is -0.225 e. The Labute approximate surface area is 93.2 Å². The van der Waals surface area contributed by atoms with Gasteiger partial charge in [0.2, 0.25) is 0 Å². The predicted molar refractivity (Wildman–Crippen MR) is 69.1 cm³/mol. The molecule has 0 spiro atoms. The predicted octanol–water partition coefficient (Wildman–Crippen LogP) is 4.64. The molecule has 0 unspecified atom stereocenters. The highest BCUT2D eigenvalue weighted by molar-refractivity contribution is 7.99. The maximum absolute atomic E-state index is 4.58. The summed E-state index contributed by atoms with van der Waals surface area (Å²) in [6.07, 6.45) is 6.44. The van der Waals surface area contributed by atoms with Crippen LogP contribution in [-0.4, -0.2) is 10.5 Å². The highest BCUT2D eigenvalue weighted by atomic mass is 32.2. The molecule has 0 aromatic heterocycles. The lowest BCUT2D eigenvalue weighted by Gasteiger charge is -2.14. The third kappa shape index (κ3) is 8.36. The van der Waals surface area contributed by atoms with Crippen LogP contribution in [0.5, 0.6) is 0 Å². The largest absolute Gasteiger partial charge is 0.225 e. The molecule has 0 saturated carbocycles. The van der Waals surface area contributed by atoms with Crippen LogP contribution in [0.1, 0.15) is 53.4 Å². The Hall–Kier alpha value is -0.240. The molecule has 0 fully saturated rings. The molecule has 0 aromatic carbocycles. The SMILES string of the molecule is C=CCCCC(CC)=NSC(C)(C)C. The molecule has 0 atom stereocenters. The van der Waals surface area contributed by atoms with Gasteiger partial charge in [0.1, 0.15) is 0 Å². The summed E-state index contributed by atoms with van der Waals surface area (Å²) in [4.78, 5) is 0. The zero-order chi connectivity index (χ0) is 11.0. The molecular formula is C12H23NS. The second kappa shape index (κ2) is 7.10. The van der Waals surface area contributed by atoms with Crippen LogP contribution in [-0.2, 0) is 0 Å². The van der Waals surface area contributed by atoms with Crippen molar-refractivity contribution in [2.75, 3.05) is 0 Å². The van der Waals surface area contributed by atoms with Gasteiger partial charge in [0, 0.05) is 10.5 Å². The number of hydrogen-bond acceptors (Lipinski definition) is 2. The minimum atomic E-state index is 0.235. The molecule has 0 rings (SSSR count). The fourth-order valence-corrected chi connectivity index (χ4v) is 1.56. The third-order valence-electron chi connectivity index (χ3n) is 1.73. The summed E-state index contributed by atoms with van der Waals surface area (Å²) < 4.78 is 4.82. The van der Waals surface area contributed by atoms with Crippen LogP contribution in [0.3, 0.4) is 0 Å². The van der Waals surface area contributed by atoms with Crippen molar-refractivity contribution < 1.29 is 0 Å². The summed E-state index contributed by atoms with van der Waals surface area (Å²) in [5.41, 5.74) is 1.33. The molecule has 0 amide bonds. The van der Waals surface area contributed by atoms with Gasteiger partial charge in [-0.25, -0.2) is 4.40 Å². The zero-order valence-corrected chi connectivity index (χ0v) is 10.8. The molecule has 0 aliphatic carbocycles. The number of allylic oxidation sites excluding steroid dienone is 1. The zero-order valence-electron chi connectivity index (χ0n) is 9.97. The molecule has 0 aliphatic heterocycles. The van der Waals surface area contributed by atoms with Crippen molar-refractivity contribution in [2.45, 2.75) is 58.1 Å². The van der Waals surface area contributed by atoms with Crippen molar-refractivity contribution in [1.82, 2.24) is 0 Å². The van der Waals surface area contributed by atoms with Crippen LogP contribution >= 0.6 is 11.9 Å². The lowest BCUT2D eigenvalue weighted by Crippen LogP contribution is -2.06. The Kier molecular flexibility index (Phi) is 6.98. The van der Waals surface area contributed by atoms with Gasteiger partial charge in [0.15, 0.2) is 0 Å². The van der Waals surface area contributed by atoms with Gasteiger partial charge in [-0.2, -0.15) is 0 Å². The normalized spacial score (nSPS) is 13.0. The Morgan fingerprint density at radius 1 is 1.43 bits per heavy atom. The molecular weight excluding hydrogens is 190 g/mol. The summed E-state index contributed by atoms with van der Waals surface area (Å²) in [5, 5.41) is 0. The quantitative estimate of drug-likeness (QED) is 0.271. The van der Waals surface area contributed by atoms with Crippen molar-refractivity contribution in [3.63, 3.8) is 0 Å². The molecule has 2 heteroatoms. The molecule has 0 aliphatic rings. The van der Waals surface area contributed by atoms with Gasteiger partial charge in [-0.15, -0.1) is 6.58 Å². The molecule has 0 N–H and O–H groups in total. The van der Waals surface area contributed by atoms with E-state index in [0.29, 0.717) is 0 Å². The van der Waals surface area contributed by atoms with E-state index in [9.17, 15) is 0 Å². The summed E-state index contributed by atoms with van der Waals surface area (Å²) in [6, 6.07) is 0. The van der Waals surface area contributed by atoms with E-state index in [0.717, 1.165) is 19.3 Å². The topological polar surface area (TPSA) is 12.4 Å². The van der Waals surface area contributed by atoms with Crippen molar-refractivity contribution in [2.24, 2.45) is 4.40 Å². The summed E-state index contributed by atoms with van der Waals surface area (Å²) in [6.45, 7) is 12.5. The van der Waals surface area contributed by atoms with Gasteiger partial charge in [0.05, 0.1) is 0 Å². The second-order valence-corrected chi connectivity index (χ2v) is 5.99. The van der Waals surface area contributed by atoms with E-state index in [2.05, 4.69) is 38.7 Å². The average Bonchev–Trinajstić information content (AvgIpc) is 2.09. The first-order valence-corrected chi connectivity index (χ1v) is 6.11. The van der Waals surface area contributed by atoms with E-state index in [-0.39, 0.29) is 4.75 Å². The molecule has 0 saturated heterocycles. The van der Waals surface area contributed by atoms with E-state index in [4.69, 9.17) is 0 Å². The molecule has 0 aromatic rings. The number of nitrogens with zero attached hydrogens (tertiary/aromatic N) is 1. The van der Waals surface area contributed by atoms with Crippen LogP contribution in [0.25, 0.3) is 0 Å². The van der Waals surface area contributed by atoms with Gasteiger partial charge >= 0.3 is 0 Å². The Balaban J connectivity index is 3.92. The van der Waals surface area contributed by atoms with Gasteiger partial charge in [-0.05, 0) is 58.4 Å². The summed E-state index contributed by atoms with van der Waals surface area (Å²) in [5.74, 6) is 0. The fourth-order valence-electron chi connectivity index (χ4n) is 0.939. The molecule has 14 heavy (non-hydrogen) atoms. The lowest BCUT2D eigenvalue weighted by atomic mass is 10.1. The van der Waals surface area contributed by atoms with E-state index >= 15 is 0 Å². The monoisotopic (exact) mass is 213 g/mol. The van der Waals surface area contributed by atoms with Crippen LogP contribution in [0.15, 0.2) is 17.1 Å². The van der Waals surface area contributed by atoms with E-state index in [1.54, 1.807) is 11.9 Å². The molecule has 0 bridgehead atoms. The van der Waals surface area contributed by atoms with Crippen molar-refractivity contribution in [1.29, 1.82) is 0 Å². The van der Waals surface area contributed by atoms with Crippen LogP contribution in [0.4, 0.5) is 0 Å². The number of rotatable bonds is 6. The van der Waals surface area contributed by atoms with Gasteiger partial charge in [-0.1, -0.05) is 13.0 Å². The summed E-state index contributed by atoms with van der Waals surface area (Å²) >= 11 is 1.69. The molecule has 1 nitrogen and oxygen atoms in total. The third-order valence-corrected chi connectivity index (χ3v) is 2.63. The first kappa shape index (κ1) is 13.8. The van der Waals surface area contributed by atoms with Crippen LogP contribution in [0.2, 0.25) is 0 Å². The van der Waals surface area contributed by atoms with Gasteiger partial charge in [0.25, 0.3) is 0 Å². The fraction of sp³-hybridized carbons (Fsp3) is 0.750. The molecule has 82 valence electrons. The maximum atomic E-state index is 4.58. The maximum Gasteiger partial charge on any atom is 0.0294 e.